The first kappa shape index (κ1) is 22.2. The topological polar surface area (TPSA) is 90.2 Å². The molecule has 1 aromatic carbocycles. The van der Waals surface area contributed by atoms with Crippen LogP contribution >= 0.6 is 0 Å². The lowest BCUT2D eigenvalue weighted by Gasteiger charge is -2.33. The van der Waals surface area contributed by atoms with Crippen LogP contribution in [0.4, 0.5) is 0 Å². The largest absolute Gasteiger partial charge is 0.487 e. The normalized spacial score (nSPS) is 19.6. The number of rotatable bonds is 6. The highest BCUT2D eigenvalue weighted by molar-refractivity contribution is 5.93. The Morgan fingerprint density at radius 1 is 1.15 bits per heavy atom. The third-order valence-electron chi connectivity index (χ3n) is 6.84. The molecule has 2 aromatic rings. The number of benzene rings is 1. The van der Waals surface area contributed by atoms with Crippen LogP contribution in [0.5, 0.6) is 11.5 Å². The molecule has 0 atom stereocenters. The monoisotopic (exact) mass is 456 g/mol. The number of hydrogen-bond acceptors (Lipinski definition) is 7. The van der Waals surface area contributed by atoms with E-state index in [2.05, 4.69) is 10.2 Å². The Balaban J connectivity index is 1.37. The van der Waals surface area contributed by atoms with E-state index in [4.69, 9.17) is 18.6 Å². The molecule has 0 spiro atoms. The number of carbonyl (C=O) groups is 1. The molecule has 0 saturated carbocycles. The van der Waals surface area contributed by atoms with Crippen LogP contribution in [0, 0.1) is 0 Å². The van der Waals surface area contributed by atoms with Crippen molar-refractivity contribution in [2.75, 3.05) is 46.0 Å². The molecule has 3 aliphatic rings. The quantitative estimate of drug-likeness (QED) is 0.667. The zero-order valence-electron chi connectivity index (χ0n) is 19.5. The van der Waals surface area contributed by atoms with E-state index in [1.807, 2.05) is 19.9 Å². The van der Waals surface area contributed by atoms with Crippen LogP contribution in [-0.4, -0.2) is 62.4 Å². The van der Waals surface area contributed by atoms with Gasteiger partial charge in [-0.05, 0) is 51.5 Å². The maximum Gasteiger partial charge on any atom is 0.339 e. The van der Waals surface area contributed by atoms with Crippen LogP contribution in [0.2, 0.25) is 0 Å². The van der Waals surface area contributed by atoms with Gasteiger partial charge < -0.3 is 23.9 Å². The minimum Gasteiger partial charge on any atom is -0.487 e. The Hall–Kier alpha value is -2.58. The summed E-state index contributed by atoms with van der Waals surface area (Å²) >= 11 is 0. The van der Waals surface area contributed by atoms with Crippen molar-refractivity contribution in [3.05, 3.63) is 33.2 Å². The molecular formula is C25H32N2O6. The molecule has 1 N–H and O–H groups in total. The number of morpholine rings is 1. The van der Waals surface area contributed by atoms with Crippen LogP contribution in [0.25, 0.3) is 11.0 Å². The van der Waals surface area contributed by atoms with Gasteiger partial charge in [-0.15, -0.1) is 0 Å². The zero-order valence-corrected chi connectivity index (χ0v) is 19.5. The van der Waals surface area contributed by atoms with E-state index in [-0.39, 0.29) is 23.7 Å². The summed E-state index contributed by atoms with van der Waals surface area (Å²) in [4.78, 5) is 27.4. The summed E-state index contributed by atoms with van der Waals surface area (Å²) in [6.45, 7) is 8.59. The van der Waals surface area contributed by atoms with Gasteiger partial charge in [0.15, 0.2) is 6.61 Å². The number of amides is 1. The molecule has 3 heterocycles. The number of nitrogens with zero attached hydrogens (tertiary/aromatic N) is 1. The maximum absolute atomic E-state index is 12.6. The van der Waals surface area contributed by atoms with Crippen molar-refractivity contribution in [3.8, 4) is 11.5 Å². The second-order valence-corrected chi connectivity index (χ2v) is 9.71. The fourth-order valence-corrected chi connectivity index (χ4v) is 5.04. The van der Waals surface area contributed by atoms with Gasteiger partial charge in [0.25, 0.3) is 5.91 Å². The van der Waals surface area contributed by atoms with Gasteiger partial charge in [0.05, 0.1) is 18.6 Å². The number of fused-ring (bicyclic) bond motifs is 5. The smallest absolute Gasteiger partial charge is 0.339 e. The Morgan fingerprint density at radius 3 is 2.76 bits per heavy atom. The molecule has 1 aromatic heterocycles. The van der Waals surface area contributed by atoms with Crippen LogP contribution < -0.4 is 20.4 Å². The molecule has 1 aliphatic carbocycles. The van der Waals surface area contributed by atoms with Crippen molar-refractivity contribution in [2.45, 2.75) is 51.6 Å². The summed E-state index contributed by atoms with van der Waals surface area (Å²) in [6.07, 6.45) is 4.05. The van der Waals surface area contributed by atoms with Crippen molar-refractivity contribution in [2.24, 2.45) is 0 Å². The Labute approximate surface area is 193 Å². The average molecular weight is 457 g/mol. The third-order valence-corrected chi connectivity index (χ3v) is 6.84. The number of aryl methyl sites for hydroxylation is 2. The lowest BCUT2D eigenvalue weighted by atomic mass is 9.91. The van der Waals surface area contributed by atoms with Crippen molar-refractivity contribution in [1.29, 1.82) is 0 Å². The molecule has 33 heavy (non-hydrogen) atoms. The van der Waals surface area contributed by atoms with Gasteiger partial charge in [0, 0.05) is 43.4 Å². The Morgan fingerprint density at radius 2 is 1.94 bits per heavy atom. The Bertz CT molecular complexity index is 1120. The van der Waals surface area contributed by atoms with E-state index in [1.54, 1.807) is 0 Å². The summed E-state index contributed by atoms with van der Waals surface area (Å²) in [5.74, 6) is 1.04. The summed E-state index contributed by atoms with van der Waals surface area (Å²) < 4.78 is 23.4. The molecule has 1 saturated heterocycles. The standard InChI is InChI=1S/C25H32N2O6/c1-25(2)7-6-18-19(33-25)14-20(22-16-4-3-5-17(16)24(29)32-23(18)22)31-15-21(28)26-8-9-27-10-12-30-13-11-27/h14H,3-13,15H2,1-2H3,(H,26,28). The summed E-state index contributed by atoms with van der Waals surface area (Å²) in [5, 5.41) is 3.76. The van der Waals surface area contributed by atoms with Crippen molar-refractivity contribution in [1.82, 2.24) is 10.2 Å². The average Bonchev–Trinajstić information content (AvgIpc) is 3.28. The van der Waals surface area contributed by atoms with E-state index in [0.717, 1.165) is 87.0 Å². The molecule has 8 heteroatoms. The van der Waals surface area contributed by atoms with Gasteiger partial charge in [-0.3, -0.25) is 9.69 Å². The molecule has 0 unspecified atom stereocenters. The minimum atomic E-state index is -0.314. The molecule has 1 fully saturated rings. The predicted octanol–water partition coefficient (Wildman–Crippen LogP) is 2.21. The van der Waals surface area contributed by atoms with Gasteiger partial charge in [-0.2, -0.15) is 0 Å². The number of hydrogen-bond donors (Lipinski definition) is 1. The highest BCUT2D eigenvalue weighted by atomic mass is 16.5. The SMILES string of the molecule is CC1(C)CCc2c(cc(OCC(=O)NCCN3CCOCC3)c3c4c(c(=O)oc23)CCC4)O1. The molecule has 2 aliphatic heterocycles. The first-order valence-corrected chi connectivity index (χ1v) is 11.9. The molecule has 0 radical (unpaired) electrons. The highest BCUT2D eigenvalue weighted by Crippen LogP contribution is 2.44. The minimum absolute atomic E-state index is 0.103. The maximum atomic E-state index is 12.6. The molecule has 178 valence electrons. The lowest BCUT2D eigenvalue weighted by Crippen LogP contribution is -2.42. The van der Waals surface area contributed by atoms with Gasteiger partial charge in [0.1, 0.15) is 22.7 Å². The van der Waals surface area contributed by atoms with Gasteiger partial charge in [-0.25, -0.2) is 4.79 Å². The second-order valence-electron chi connectivity index (χ2n) is 9.71. The van der Waals surface area contributed by atoms with E-state index >= 15 is 0 Å². The summed E-state index contributed by atoms with van der Waals surface area (Å²) in [5.41, 5.74) is 2.62. The third kappa shape index (κ3) is 4.59. The second kappa shape index (κ2) is 8.99. The molecule has 0 bridgehead atoms. The van der Waals surface area contributed by atoms with Crippen LogP contribution in [0.1, 0.15) is 43.4 Å². The van der Waals surface area contributed by atoms with E-state index in [1.165, 1.54) is 0 Å². The fraction of sp³-hybridized carbons (Fsp3) is 0.600. The first-order valence-electron chi connectivity index (χ1n) is 11.9. The van der Waals surface area contributed by atoms with Gasteiger partial charge in [0.2, 0.25) is 0 Å². The van der Waals surface area contributed by atoms with Gasteiger partial charge >= 0.3 is 5.63 Å². The molecule has 8 nitrogen and oxygen atoms in total. The van der Waals surface area contributed by atoms with Crippen LogP contribution in [-0.2, 0) is 28.8 Å². The number of ether oxygens (including phenoxy) is 3. The van der Waals surface area contributed by atoms with Crippen LogP contribution in [0.3, 0.4) is 0 Å². The van der Waals surface area contributed by atoms with Crippen molar-refractivity contribution < 1.29 is 23.4 Å². The fourth-order valence-electron chi connectivity index (χ4n) is 5.04. The molecule has 1 amide bonds. The molecular weight excluding hydrogens is 424 g/mol. The number of carbonyl (C=O) groups excluding carboxylic acids is 1. The van der Waals surface area contributed by atoms with E-state index in [0.29, 0.717) is 23.6 Å². The van der Waals surface area contributed by atoms with Crippen molar-refractivity contribution >= 4 is 16.9 Å². The van der Waals surface area contributed by atoms with Crippen molar-refractivity contribution in [3.63, 3.8) is 0 Å². The lowest BCUT2D eigenvalue weighted by molar-refractivity contribution is -0.123. The van der Waals surface area contributed by atoms with E-state index in [9.17, 15) is 9.59 Å². The summed E-state index contributed by atoms with van der Waals surface area (Å²) in [7, 11) is 0. The molecule has 5 rings (SSSR count). The Kier molecular flexibility index (Phi) is 6.05. The van der Waals surface area contributed by atoms with Crippen LogP contribution in [0.15, 0.2) is 15.3 Å². The zero-order chi connectivity index (χ0) is 23.0. The van der Waals surface area contributed by atoms with E-state index < -0.39 is 0 Å². The highest BCUT2D eigenvalue weighted by Gasteiger charge is 2.32. The van der Waals surface area contributed by atoms with Gasteiger partial charge in [-0.1, -0.05) is 0 Å². The summed E-state index contributed by atoms with van der Waals surface area (Å²) in [6, 6.07) is 1.87. The predicted molar refractivity (Wildman–Crippen MR) is 123 cm³/mol. The number of nitrogens with one attached hydrogen (secondary N) is 1. The first-order chi connectivity index (χ1) is 15.9.